The van der Waals surface area contributed by atoms with Crippen molar-refractivity contribution in [1.82, 2.24) is 19.8 Å². The Morgan fingerprint density at radius 3 is 2.32 bits per heavy atom. The molecule has 1 aliphatic heterocycles. The summed E-state index contributed by atoms with van der Waals surface area (Å²) in [5.74, 6) is -1.70. The molecule has 1 aliphatic rings. The molecule has 0 aliphatic carbocycles. The Hall–Kier alpha value is -3.10. The molecule has 130 valence electrons. The molecule has 1 aromatic heterocycles. The van der Waals surface area contributed by atoms with Gasteiger partial charge >= 0.3 is 0 Å². The molecule has 0 atom stereocenters. The quantitative estimate of drug-likeness (QED) is 0.846. The number of para-hydroxylation sites is 1. The number of carbonyl (C=O) groups excluding carboxylic acids is 2. The average Bonchev–Trinajstić information content (AvgIpc) is 2.65. The van der Waals surface area contributed by atoms with Crippen LogP contribution in [0.5, 0.6) is 0 Å². The fraction of sp³-hybridized carbons (Fsp3) is 0.250. The number of halogens is 2. The zero-order chi connectivity index (χ0) is 17.8. The first-order valence-corrected chi connectivity index (χ1v) is 7.60. The summed E-state index contributed by atoms with van der Waals surface area (Å²) in [6.45, 7) is 1.77. The zero-order valence-corrected chi connectivity index (χ0v) is 13.2. The molecule has 0 bridgehead atoms. The number of hydrogen-bond acceptors (Lipinski definition) is 5. The Morgan fingerprint density at radius 1 is 1.08 bits per heavy atom. The van der Waals surface area contributed by atoms with E-state index in [0.29, 0.717) is 26.2 Å². The summed E-state index contributed by atoms with van der Waals surface area (Å²) < 4.78 is 27.2. The molecule has 0 spiro atoms. The van der Waals surface area contributed by atoms with Crippen LogP contribution >= 0.6 is 0 Å². The first-order valence-electron chi connectivity index (χ1n) is 7.60. The number of benzene rings is 1. The van der Waals surface area contributed by atoms with Crippen molar-refractivity contribution >= 4 is 23.8 Å². The summed E-state index contributed by atoms with van der Waals surface area (Å²) in [6.07, 6.45) is 3.24. The molecule has 3 rings (SSSR count). The van der Waals surface area contributed by atoms with Crippen LogP contribution in [0.4, 0.5) is 20.3 Å². The molecule has 25 heavy (non-hydrogen) atoms. The minimum atomic E-state index is -0.755. The summed E-state index contributed by atoms with van der Waals surface area (Å²) in [5, 5.41) is 2.51. The van der Waals surface area contributed by atoms with Gasteiger partial charge < -0.3 is 15.1 Å². The average molecular weight is 347 g/mol. The van der Waals surface area contributed by atoms with Crippen LogP contribution in [0.3, 0.4) is 0 Å². The highest BCUT2D eigenvalue weighted by molar-refractivity contribution is 5.92. The van der Waals surface area contributed by atoms with Crippen LogP contribution < -0.4 is 5.32 Å². The molecule has 2 heterocycles. The molecule has 1 N–H and O–H groups in total. The van der Waals surface area contributed by atoms with Crippen LogP contribution in [0.2, 0.25) is 0 Å². The lowest BCUT2D eigenvalue weighted by atomic mass is 10.3. The standard InChI is InChI=1S/C16H15F2N5O2/c17-11-2-1-3-12(18)15(11)21-14-9-19-13(8-20-14)16(25)23-6-4-22(10-24)5-7-23/h1-3,8-10H,4-7H2,(H,20,21). The van der Waals surface area contributed by atoms with E-state index >= 15 is 0 Å². The number of nitrogens with zero attached hydrogens (tertiary/aromatic N) is 4. The molecule has 1 saturated heterocycles. The Balaban J connectivity index is 1.68. The lowest BCUT2D eigenvalue weighted by molar-refractivity contribution is -0.119. The third-order valence-corrected chi connectivity index (χ3v) is 3.84. The Morgan fingerprint density at radius 2 is 1.76 bits per heavy atom. The monoisotopic (exact) mass is 347 g/mol. The van der Waals surface area contributed by atoms with E-state index in [0.717, 1.165) is 18.5 Å². The summed E-state index contributed by atoms with van der Waals surface area (Å²) in [6, 6.07) is 3.50. The first-order chi connectivity index (χ1) is 12.1. The van der Waals surface area contributed by atoms with Crippen LogP contribution in [-0.2, 0) is 4.79 Å². The van der Waals surface area contributed by atoms with E-state index < -0.39 is 11.6 Å². The summed E-state index contributed by atoms with van der Waals surface area (Å²) >= 11 is 0. The van der Waals surface area contributed by atoms with Crippen molar-refractivity contribution in [3.8, 4) is 0 Å². The number of amides is 2. The van der Waals surface area contributed by atoms with Crippen LogP contribution in [0.15, 0.2) is 30.6 Å². The molecule has 2 aromatic rings. The number of nitrogens with one attached hydrogen (secondary N) is 1. The van der Waals surface area contributed by atoms with Gasteiger partial charge in [-0.1, -0.05) is 6.07 Å². The van der Waals surface area contributed by atoms with Gasteiger partial charge in [0, 0.05) is 26.2 Å². The molecule has 9 heteroatoms. The molecule has 1 aromatic carbocycles. The summed E-state index contributed by atoms with van der Waals surface area (Å²) in [5.41, 5.74) is -0.208. The number of rotatable bonds is 4. The number of hydrogen-bond donors (Lipinski definition) is 1. The van der Waals surface area contributed by atoms with E-state index in [-0.39, 0.29) is 23.1 Å². The highest BCUT2D eigenvalue weighted by Crippen LogP contribution is 2.21. The molecule has 0 saturated carbocycles. The van der Waals surface area contributed by atoms with Crippen molar-refractivity contribution in [3.05, 3.63) is 47.9 Å². The Bertz CT molecular complexity index is 756. The topological polar surface area (TPSA) is 78.4 Å². The molecule has 1 fully saturated rings. The van der Waals surface area contributed by atoms with Gasteiger partial charge in [0.25, 0.3) is 5.91 Å². The first kappa shape index (κ1) is 16.7. The second kappa shape index (κ2) is 7.20. The van der Waals surface area contributed by atoms with Crippen molar-refractivity contribution in [1.29, 1.82) is 0 Å². The molecule has 0 unspecified atom stereocenters. The normalized spacial score (nSPS) is 14.3. The fourth-order valence-electron chi connectivity index (χ4n) is 2.44. The van der Waals surface area contributed by atoms with E-state index in [1.807, 2.05) is 0 Å². The third kappa shape index (κ3) is 3.70. The number of carbonyl (C=O) groups is 2. The molecule has 2 amide bonds. The minimum Gasteiger partial charge on any atom is -0.342 e. The van der Waals surface area contributed by atoms with Gasteiger partial charge in [0.1, 0.15) is 28.8 Å². The van der Waals surface area contributed by atoms with E-state index in [9.17, 15) is 18.4 Å². The van der Waals surface area contributed by atoms with Crippen molar-refractivity contribution in [2.45, 2.75) is 0 Å². The van der Waals surface area contributed by atoms with Gasteiger partial charge in [-0.3, -0.25) is 9.59 Å². The lowest BCUT2D eigenvalue weighted by Crippen LogP contribution is -2.48. The van der Waals surface area contributed by atoms with Gasteiger partial charge in [-0.15, -0.1) is 0 Å². The predicted molar refractivity (Wildman–Crippen MR) is 85.2 cm³/mol. The number of piperazine rings is 1. The van der Waals surface area contributed by atoms with Gasteiger partial charge in [0.2, 0.25) is 6.41 Å². The van der Waals surface area contributed by atoms with Crippen LogP contribution in [-0.4, -0.2) is 58.3 Å². The predicted octanol–water partition coefficient (Wildman–Crippen LogP) is 1.41. The minimum absolute atomic E-state index is 0.117. The van der Waals surface area contributed by atoms with E-state index in [1.54, 1.807) is 9.80 Å². The summed E-state index contributed by atoms with van der Waals surface area (Å²) in [4.78, 5) is 34.2. The second-order valence-electron chi connectivity index (χ2n) is 5.44. The largest absolute Gasteiger partial charge is 0.342 e. The maximum atomic E-state index is 13.6. The summed E-state index contributed by atoms with van der Waals surface area (Å²) in [7, 11) is 0. The van der Waals surface area contributed by atoms with Gasteiger partial charge in [-0.05, 0) is 12.1 Å². The highest BCUT2D eigenvalue weighted by atomic mass is 19.1. The fourth-order valence-corrected chi connectivity index (χ4v) is 2.44. The number of anilines is 2. The maximum absolute atomic E-state index is 13.6. The smallest absolute Gasteiger partial charge is 0.274 e. The van der Waals surface area contributed by atoms with Crippen molar-refractivity contribution in [2.24, 2.45) is 0 Å². The Kier molecular flexibility index (Phi) is 4.82. The zero-order valence-electron chi connectivity index (χ0n) is 13.2. The van der Waals surface area contributed by atoms with Crippen molar-refractivity contribution < 1.29 is 18.4 Å². The molecule has 0 radical (unpaired) electrons. The lowest BCUT2D eigenvalue weighted by Gasteiger charge is -2.32. The van der Waals surface area contributed by atoms with Gasteiger partial charge in [-0.25, -0.2) is 18.7 Å². The molecular formula is C16H15F2N5O2. The second-order valence-corrected chi connectivity index (χ2v) is 5.44. The maximum Gasteiger partial charge on any atom is 0.274 e. The SMILES string of the molecule is O=CN1CCN(C(=O)c2cnc(Nc3c(F)cccc3F)cn2)CC1. The van der Waals surface area contributed by atoms with Gasteiger partial charge in [0.05, 0.1) is 12.4 Å². The highest BCUT2D eigenvalue weighted by Gasteiger charge is 2.22. The molecule has 7 nitrogen and oxygen atoms in total. The third-order valence-electron chi connectivity index (χ3n) is 3.84. The van der Waals surface area contributed by atoms with Gasteiger partial charge in [-0.2, -0.15) is 0 Å². The molecular weight excluding hydrogens is 332 g/mol. The van der Waals surface area contributed by atoms with Crippen molar-refractivity contribution in [3.63, 3.8) is 0 Å². The van der Waals surface area contributed by atoms with Gasteiger partial charge in [0.15, 0.2) is 0 Å². The van der Waals surface area contributed by atoms with Crippen LogP contribution in [0.1, 0.15) is 10.5 Å². The van der Waals surface area contributed by atoms with E-state index in [1.165, 1.54) is 18.5 Å². The van der Waals surface area contributed by atoms with Crippen molar-refractivity contribution in [2.75, 3.05) is 31.5 Å². The van der Waals surface area contributed by atoms with E-state index in [4.69, 9.17) is 0 Å². The Labute approximate surface area is 142 Å². The number of aromatic nitrogens is 2. The van der Waals surface area contributed by atoms with E-state index in [2.05, 4.69) is 15.3 Å². The van der Waals surface area contributed by atoms with Crippen LogP contribution in [0, 0.1) is 11.6 Å². The van der Waals surface area contributed by atoms with Crippen LogP contribution in [0.25, 0.3) is 0 Å².